The summed E-state index contributed by atoms with van der Waals surface area (Å²) in [5.41, 5.74) is 2.02. The highest BCUT2D eigenvalue weighted by molar-refractivity contribution is 6.01. The number of carbonyl (C=O) groups is 1. The maximum Gasteiger partial charge on any atom is 0.226 e. The highest BCUT2D eigenvalue weighted by atomic mass is 19.1. The van der Waals surface area contributed by atoms with Crippen molar-refractivity contribution in [1.82, 2.24) is 4.90 Å². The van der Waals surface area contributed by atoms with Crippen LogP contribution in [0.1, 0.15) is 30.4 Å². The molecule has 0 saturated heterocycles. The minimum absolute atomic E-state index is 0.0377. The second kappa shape index (κ2) is 7.47. The van der Waals surface area contributed by atoms with Crippen LogP contribution in [0, 0.1) is 17.6 Å². The molecule has 4 nitrogen and oxygen atoms in total. The molecule has 1 atom stereocenters. The summed E-state index contributed by atoms with van der Waals surface area (Å²) in [5.74, 6) is -0.546. The van der Waals surface area contributed by atoms with Gasteiger partial charge in [-0.15, -0.1) is 0 Å². The molecule has 1 saturated carbocycles. The van der Waals surface area contributed by atoms with Crippen LogP contribution in [0.2, 0.25) is 0 Å². The zero-order chi connectivity index (χ0) is 18.8. The van der Waals surface area contributed by atoms with Crippen molar-refractivity contribution in [3.8, 4) is 0 Å². The molecule has 1 heterocycles. The summed E-state index contributed by atoms with van der Waals surface area (Å²) in [4.78, 5) is 19.8. The molecule has 1 unspecified atom stereocenters. The predicted octanol–water partition coefficient (Wildman–Crippen LogP) is 3.90. The normalized spacial score (nSPS) is 18.7. The number of oxime groups is 1. The Balaban J connectivity index is 1.44. The van der Waals surface area contributed by atoms with Crippen molar-refractivity contribution in [2.75, 3.05) is 6.54 Å². The fourth-order valence-corrected chi connectivity index (χ4v) is 3.24. The number of carbonyl (C=O) groups excluding carboxylic acids is 1. The number of hydrogen-bond acceptors (Lipinski definition) is 3. The van der Waals surface area contributed by atoms with Crippen molar-refractivity contribution in [2.45, 2.75) is 31.9 Å². The van der Waals surface area contributed by atoms with E-state index in [1.54, 1.807) is 35.2 Å². The molecule has 140 valence electrons. The Bertz CT molecular complexity index is 863. The third kappa shape index (κ3) is 4.15. The van der Waals surface area contributed by atoms with Gasteiger partial charge in [-0.2, -0.15) is 0 Å². The Morgan fingerprint density at radius 3 is 2.56 bits per heavy atom. The fraction of sp³-hybridized carbons (Fsp3) is 0.333. The van der Waals surface area contributed by atoms with E-state index in [0.717, 1.165) is 24.1 Å². The van der Waals surface area contributed by atoms with E-state index in [4.69, 9.17) is 4.84 Å². The number of halogens is 2. The van der Waals surface area contributed by atoms with Crippen LogP contribution in [0.15, 0.2) is 53.7 Å². The average Bonchev–Trinajstić information content (AvgIpc) is 3.42. The Hall–Kier alpha value is -2.76. The molecule has 1 fully saturated rings. The van der Waals surface area contributed by atoms with Crippen molar-refractivity contribution in [3.05, 3.63) is 71.3 Å². The van der Waals surface area contributed by atoms with Gasteiger partial charge in [-0.3, -0.25) is 4.79 Å². The predicted molar refractivity (Wildman–Crippen MR) is 97.0 cm³/mol. The second-order valence-corrected chi connectivity index (χ2v) is 7.06. The summed E-state index contributed by atoms with van der Waals surface area (Å²) in [7, 11) is 0. The van der Waals surface area contributed by atoms with Crippen LogP contribution in [0.4, 0.5) is 8.78 Å². The molecule has 2 aromatic carbocycles. The van der Waals surface area contributed by atoms with Gasteiger partial charge in [0, 0.05) is 24.4 Å². The molecule has 1 amide bonds. The number of hydrogen-bond donors (Lipinski definition) is 0. The summed E-state index contributed by atoms with van der Waals surface area (Å²) in [6, 6.07) is 12.6. The Labute approximate surface area is 156 Å². The quantitative estimate of drug-likeness (QED) is 0.774. The van der Waals surface area contributed by atoms with E-state index < -0.39 is 0 Å². The molecular weight excluding hydrogens is 350 g/mol. The van der Waals surface area contributed by atoms with Crippen LogP contribution in [-0.4, -0.2) is 29.2 Å². The van der Waals surface area contributed by atoms with E-state index in [0.29, 0.717) is 18.5 Å². The molecule has 0 radical (unpaired) electrons. The van der Waals surface area contributed by atoms with Crippen molar-refractivity contribution in [1.29, 1.82) is 0 Å². The minimum Gasteiger partial charge on any atom is -0.390 e. The zero-order valence-corrected chi connectivity index (χ0v) is 14.8. The molecule has 27 heavy (non-hydrogen) atoms. The maximum atomic E-state index is 14.0. The molecule has 1 aliphatic carbocycles. The van der Waals surface area contributed by atoms with E-state index in [2.05, 4.69) is 5.16 Å². The van der Waals surface area contributed by atoms with E-state index in [9.17, 15) is 13.6 Å². The van der Waals surface area contributed by atoms with Crippen LogP contribution in [-0.2, 0) is 16.2 Å². The van der Waals surface area contributed by atoms with Crippen molar-refractivity contribution in [3.63, 3.8) is 0 Å². The molecule has 0 bridgehead atoms. The molecule has 2 aromatic rings. The lowest BCUT2D eigenvalue weighted by Crippen LogP contribution is -2.38. The average molecular weight is 370 g/mol. The Morgan fingerprint density at radius 1 is 1.11 bits per heavy atom. The van der Waals surface area contributed by atoms with Gasteiger partial charge in [-0.1, -0.05) is 35.5 Å². The molecule has 0 N–H and O–H groups in total. The maximum absolute atomic E-state index is 14.0. The number of benzene rings is 2. The second-order valence-electron chi connectivity index (χ2n) is 7.06. The number of amides is 1. The van der Waals surface area contributed by atoms with Crippen molar-refractivity contribution < 1.29 is 18.4 Å². The van der Waals surface area contributed by atoms with Crippen LogP contribution in [0.25, 0.3) is 0 Å². The van der Waals surface area contributed by atoms with Crippen LogP contribution < -0.4 is 0 Å². The van der Waals surface area contributed by atoms with Gasteiger partial charge in [0.2, 0.25) is 5.91 Å². The molecule has 1 aliphatic heterocycles. The molecular formula is C21H20F2N2O2. The highest BCUT2D eigenvalue weighted by Crippen LogP contribution is 2.32. The zero-order valence-electron chi connectivity index (χ0n) is 14.8. The lowest BCUT2D eigenvalue weighted by Gasteiger charge is -2.25. The van der Waals surface area contributed by atoms with Gasteiger partial charge in [0.15, 0.2) is 6.10 Å². The van der Waals surface area contributed by atoms with Gasteiger partial charge >= 0.3 is 0 Å². The van der Waals surface area contributed by atoms with Gasteiger partial charge in [0.1, 0.15) is 11.6 Å². The van der Waals surface area contributed by atoms with Gasteiger partial charge in [0.05, 0.1) is 12.3 Å². The SMILES string of the molecule is O=C(C1CC1)N(Cc1ccccc1F)CC1CC(c2ccc(F)cc2)=NO1. The van der Waals surface area contributed by atoms with Gasteiger partial charge in [-0.05, 0) is 36.6 Å². The first kappa shape index (κ1) is 17.6. The first-order valence-corrected chi connectivity index (χ1v) is 9.11. The van der Waals surface area contributed by atoms with E-state index >= 15 is 0 Å². The van der Waals surface area contributed by atoms with Gasteiger partial charge in [0.25, 0.3) is 0 Å². The van der Waals surface area contributed by atoms with Crippen LogP contribution in [0.3, 0.4) is 0 Å². The van der Waals surface area contributed by atoms with Crippen LogP contribution in [0.5, 0.6) is 0 Å². The third-order valence-electron chi connectivity index (χ3n) is 4.89. The topological polar surface area (TPSA) is 41.9 Å². The lowest BCUT2D eigenvalue weighted by molar-refractivity contribution is -0.135. The summed E-state index contributed by atoms with van der Waals surface area (Å²) >= 11 is 0. The van der Waals surface area contributed by atoms with E-state index in [1.165, 1.54) is 18.2 Å². The number of nitrogens with zero attached hydrogens (tertiary/aromatic N) is 2. The Kier molecular flexibility index (Phi) is 4.88. The third-order valence-corrected chi connectivity index (χ3v) is 4.89. The molecule has 2 aliphatic rings. The fourth-order valence-electron chi connectivity index (χ4n) is 3.24. The van der Waals surface area contributed by atoms with E-state index in [-0.39, 0.29) is 36.1 Å². The minimum atomic E-state index is -0.318. The Morgan fingerprint density at radius 2 is 1.85 bits per heavy atom. The van der Waals surface area contributed by atoms with Crippen molar-refractivity contribution in [2.24, 2.45) is 11.1 Å². The standard InChI is InChI=1S/C21H20F2N2O2/c22-17-9-7-14(8-10-17)20-11-18(27-24-20)13-25(21(26)15-5-6-15)12-16-3-1-2-4-19(16)23/h1-4,7-10,15,18H,5-6,11-13H2. The monoisotopic (exact) mass is 370 g/mol. The summed E-state index contributed by atoms with van der Waals surface area (Å²) in [6.07, 6.45) is 2.00. The lowest BCUT2D eigenvalue weighted by atomic mass is 10.0. The smallest absolute Gasteiger partial charge is 0.226 e. The molecule has 0 aromatic heterocycles. The molecule has 0 spiro atoms. The van der Waals surface area contributed by atoms with Crippen molar-refractivity contribution >= 4 is 11.6 Å². The van der Waals surface area contributed by atoms with E-state index in [1.807, 2.05) is 0 Å². The summed E-state index contributed by atoms with van der Waals surface area (Å²) in [6.45, 7) is 0.561. The summed E-state index contributed by atoms with van der Waals surface area (Å²) in [5, 5.41) is 4.10. The highest BCUT2D eigenvalue weighted by Gasteiger charge is 2.36. The largest absolute Gasteiger partial charge is 0.390 e. The van der Waals surface area contributed by atoms with Gasteiger partial charge < -0.3 is 9.74 Å². The van der Waals surface area contributed by atoms with Gasteiger partial charge in [-0.25, -0.2) is 8.78 Å². The molecule has 4 rings (SSSR count). The first-order valence-electron chi connectivity index (χ1n) is 9.11. The molecule has 6 heteroatoms. The van der Waals surface area contributed by atoms with Crippen LogP contribution >= 0.6 is 0 Å². The first-order chi connectivity index (χ1) is 13.1. The summed E-state index contributed by atoms with van der Waals surface area (Å²) < 4.78 is 27.1. The number of rotatable bonds is 6.